The minimum Gasteiger partial charge on any atom is -0.328 e. The van der Waals surface area contributed by atoms with E-state index in [0.29, 0.717) is 0 Å². The van der Waals surface area contributed by atoms with E-state index >= 15 is 0 Å². The molecule has 0 aliphatic carbocycles. The lowest BCUT2D eigenvalue weighted by Crippen LogP contribution is -2.49. The van der Waals surface area contributed by atoms with Gasteiger partial charge in [0.25, 0.3) is 11.8 Å². The van der Waals surface area contributed by atoms with Crippen molar-refractivity contribution in [2.75, 3.05) is 6.54 Å². The molecule has 2 amide bonds. The van der Waals surface area contributed by atoms with Crippen LogP contribution in [0.2, 0.25) is 0 Å². The van der Waals surface area contributed by atoms with Crippen LogP contribution in [0, 0.1) is 0 Å². The maximum Gasteiger partial charge on any atom is 0.254 e. The number of imide groups is 1. The van der Waals surface area contributed by atoms with Gasteiger partial charge in [-0.1, -0.05) is 20.8 Å². The van der Waals surface area contributed by atoms with Crippen LogP contribution in [0.1, 0.15) is 27.2 Å². The highest BCUT2D eigenvalue weighted by molar-refractivity contribution is 6.15. The van der Waals surface area contributed by atoms with Gasteiger partial charge in [-0.25, -0.2) is 0 Å². The minimum atomic E-state index is -0.810. The Balaban J connectivity index is 0.00000106. The topological polar surface area (TPSA) is 80.5 Å². The molecule has 2 N–H and O–H groups in total. The summed E-state index contributed by atoms with van der Waals surface area (Å²) >= 11 is 0. The van der Waals surface area contributed by atoms with Crippen LogP contribution in [-0.4, -0.2) is 35.1 Å². The third-order valence-corrected chi connectivity index (χ3v) is 2.10. The Bertz CT molecular complexity index is 292. The van der Waals surface area contributed by atoms with Gasteiger partial charge < -0.3 is 5.73 Å². The van der Waals surface area contributed by atoms with E-state index in [1.54, 1.807) is 6.92 Å². The summed E-state index contributed by atoms with van der Waals surface area (Å²) < 4.78 is 0. The number of carbonyl (C=O) groups excluding carboxylic acids is 3. The van der Waals surface area contributed by atoms with Crippen molar-refractivity contribution in [3.05, 3.63) is 12.2 Å². The quantitative estimate of drug-likeness (QED) is 0.696. The van der Waals surface area contributed by atoms with Gasteiger partial charge in [0.1, 0.15) is 6.04 Å². The Morgan fingerprint density at radius 3 is 2.06 bits per heavy atom. The number of amides is 2. The molecule has 1 atom stereocenters. The monoisotopic (exact) mass is 226 g/mol. The summed E-state index contributed by atoms with van der Waals surface area (Å²) in [5, 5.41) is 0. The molecule has 1 aliphatic heterocycles. The van der Waals surface area contributed by atoms with E-state index in [1.807, 2.05) is 13.8 Å². The van der Waals surface area contributed by atoms with Gasteiger partial charge in [-0.2, -0.15) is 0 Å². The molecule has 0 fully saturated rings. The number of Topliss-reactive ketones (excluding diaryl/α,β-unsaturated/α-hetero) is 1. The molecule has 5 heteroatoms. The third kappa shape index (κ3) is 3.00. The van der Waals surface area contributed by atoms with Crippen molar-refractivity contribution in [1.82, 2.24) is 4.90 Å². The lowest BCUT2D eigenvalue weighted by molar-refractivity contribution is -0.144. The number of carbonyl (C=O) groups is 3. The molecule has 0 aromatic rings. The summed E-state index contributed by atoms with van der Waals surface area (Å²) in [6.07, 6.45) is 2.56. The zero-order valence-corrected chi connectivity index (χ0v) is 9.90. The second-order valence-electron chi connectivity index (χ2n) is 2.95. The van der Waals surface area contributed by atoms with Gasteiger partial charge in [-0.15, -0.1) is 0 Å². The zero-order chi connectivity index (χ0) is 12.7. The molecular formula is C11H18N2O3. The predicted molar refractivity (Wildman–Crippen MR) is 60.5 cm³/mol. The Morgan fingerprint density at radius 1 is 1.31 bits per heavy atom. The first-order valence-electron chi connectivity index (χ1n) is 5.39. The third-order valence-electron chi connectivity index (χ3n) is 2.10. The van der Waals surface area contributed by atoms with Crippen molar-refractivity contribution >= 4 is 17.6 Å². The smallest absolute Gasteiger partial charge is 0.254 e. The first-order valence-corrected chi connectivity index (χ1v) is 5.39. The highest BCUT2D eigenvalue weighted by Crippen LogP contribution is 2.10. The van der Waals surface area contributed by atoms with Crippen molar-refractivity contribution in [3.63, 3.8) is 0 Å². The van der Waals surface area contributed by atoms with Gasteiger partial charge in [0, 0.05) is 25.1 Å². The molecule has 0 saturated carbocycles. The molecule has 0 spiro atoms. The van der Waals surface area contributed by atoms with Crippen molar-refractivity contribution in [2.24, 2.45) is 5.73 Å². The average Bonchev–Trinajstić information content (AvgIpc) is 2.64. The summed E-state index contributed by atoms with van der Waals surface area (Å²) in [6.45, 7) is 5.65. The van der Waals surface area contributed by atoms with E-state index in [4.69, 9.17) is 5.73 Å². The standard InChI is InChI=1S/C9H12N2O3.C2H6/c1-2-7(12)6(5-10)11-8(13)3-4-9(11)14;1-2/h3-4,6H,2,5,10H2,1H3;1-2H3. The molecule has 5 nitrogen and oxygen atoms in total. The largest absolute Gasteiger partial charge is 0.328 e. The molecule has 90 valence electrons. The minimum absolute atomic E-state index is 0.0220. The fourth-order valence-electron chi connectivity index (χ4n) is 1.34. The number of nitrogens with zero attached hydrogens (tertiary/aromatic N) is 1. The summed E-state index contributed by atoms with van der Waals surface area (Å²) in [6, 6.07) is -0.810. The molecule has 0 aromatic heterocycles. The van der Waals surface area contributed by atoms with Crippen LogP contribution in [0.5, 0.6) is 0 Å². The van der Waals surface area contributed by atoms with E-state index in [-0.39, 0.29) is 18.7 Å². The van der Waals surface area contributed by atoms with Crippen molar-refractivity contribution in [1.29, 1.82) is 0 Å². The summed E-state index contributed by atoms with van der Waals surface area (Å²) in [5.41, 5.74) is 5.36. The lowest BCUT2D eigenvalue weighted by atomic mass is 10.1. The Kier molecular flexibility index (Phi) is 6.25. The van der Waals surface area contributed by atoms with E-state index in [0.717, 1.165) is 17.1 Å². The first-order chi connectivity index (χ1) is 7.61. The van der Waals surface area contributed by atoms with E-state index in [1.165, 1.54) is 0 Å². The highest BCUT2D eigenvalue weighted by atomic mass is 16.2. The highest BCUT2D eigenvalue weighted by Gasteiger charge is 2.33. The molecule has 0 aromatic carbocycles. The zero-order valence-electron chi connectivity index (χ0n) is 9.90. The van der Waals surface area contributed by atoms with E-state index in [9.17, 15) is 14.4 Å². The van der Waals surface area contributed by atoms with E-state index in [2.05, 4.69) is 0 Å². The van der Waals surface area contributed by atoms with Crippen molar-refractivity contribution in [2.45, 2.75) is 33.2 Å². The normalized spacial score (nSPS) is 15.9. The number of ketones is 1. The van der Waals surface area contributed by atoms with Gasteiger partial charge in [-0.05, 0) is 0 Å². The number of nitrogens with two attached hydrogens (primary N) is 1. The molecule has 0 bridgehead atoms. The summed E-state index contributed by atoms with van der Waals surface area (Å²) in [4.78, 5) is 34.7. The molecule has 1 heterocycles. The Hall–Kier alpha value is -1.49. The van der Waals surface area contributed by atoms with Crippen molar-refractivity contribution in [3.8, 4) is 0 Å². The van der Waals surface area contributed by atoms with Gasteiger partial charge in [0.15, 0.2) is 5.78 Å². The Morgan fingerprint density at radius 2 is 1.75 bits per heavy atom. The second kappa shape index (κ2) is 6.90. The van der Waals surface area contributed by atoms with Crippen LogP contribution >= 0.6 is 0 Å². The fourth-order valence-corrected chi connectivity index (χ4v) is 1.34. The van der Waals surface area contributed by atoms with Gasteiger partial charge in [0.05, 0.1) is 0 Å². The van der Waals surface area contributed by atoms with Crippen LogP contribution in [0.25, 0.3) is 0 Å². The van der Waals surface area contributed by atoms with Crippen LogP contribution in [0.4, 0.5) is 0 Å². The molecular weight excluding hydrogens is 208 g/mol. The molecule has 0 radical (unpaired) electrons. The first kappa shape index (κ1) is 14.5. The molecule has 1 aliphatic rings. The number of rotatable bonds is 4. The van der Waals surface area contributed by atoms with Crippen LogP contribution in [0.15, 0.2) is 12.2 Å². The van der Waals surface area contributed by atoms with Crippen LogP contribution in [-0.2, 0) is 14.4 Å². The lowest BCUT2D eigenvalue weighted by Gasteiger charge is -2.22. The molecule has 1 unspecified atom stereocenters. The van der Waals surface area contributed by atoms with Crippen molar-refractivity contribution < 1.29 is 14.4 Å². The predicted octanol–water partition coefficient (Wildman–Crippen LogP) is 0.244. The van der Waals surface area contributed by atoms with Gasteiger partial charge in [-0.3, -0.25) is 19.3 Å². The maximum atomic E-state index is 11.4. The Labute approximate surface area is 95.3 Å². The number of hydrogen-bond donors (Lipinski definition) is 1. The second-order valence-corrected chi connectivity index (χ2v) is 2.95. The summed E-state index contributed by atoms with van der Waals surface area (Å²) in [5.74, 6) is -1.13. The molecule has 1 rings (SSSR count). The number of hydrogen-bond acceptors (Lipinski definition) is 4. The SMILES string of the molecule is CC.CCC(=O)C(CN)N1C(=O)C=CC1=O. The van der Waals surface area contributed by atoms with Crippen LogP contribution < -0.4 is 5.73 Å². The fraction of sp³-hybridized carbons (Fsp3) is 0.545. The summed E-state index contributed by atoms with van der Waals surface area (Å²) in [7, 11) is 0. The van der Waals surface area contributed by atoms with Crippen LogP contribution in [0.3, 0.4) is 0 Å². The average molecular weight is 226 g/mol. The molecule has 16 heavy (non-hydrogen) atoms. The molecule has 0 saturated heterocycles. The van der Waals surface area contributed by atoms with Gasteiger partial charge >= 0.3 is 0 Å². The van der Waals surface area contributed by atoms with E-state index < -0.39 is 17.9 Å². The maximum absolute atomic E-state index is 11.4. The van der Waals surface area contributed by atoms with Gasteiger partial charge in [0.2, 0.25) is 0 Å².